The van der Waals surface area contributed by atoms with Gasteiger partial charge in [-0.2, -0.15) is 17.4 Å². The second-order valence-electron chi connectivity index (χ2n) is 3.03. The molecule has 1 N–H and O–H groups in total. The molecule has 0 aliphatic heterocycles. The zero-order valence-corrected chi connectivity index (χ0v) is 8.47. The Labute approximate surface area is 79.5 Å². The standard InChI is InChI=1S/C8H14N2O2S/c1-3-7-10(4-2)13(11,12)9-8-5-6-8/h1,8-9H,4-7H2,2H3. The van der Waals surface area contributed by atoms with Gasteiger partial charge in [0.2, 0.25) is 0 Å². The topological polar surface area (TPSA) is 49.4 Å². The molecule has 1 fully saturated rings. The van der Waals surface area contributed by atoms with Gasteiger partial charge in [0.05, 0.1) is 6.54 Å². The summed E-state index contributed by atoms with van der Waals surface area (Å²) in [7, 11) is -3.33. The number of terminal acetylenes is 1. The molecule has 1 saturated carbocycles. The van der Waals surface area contributed by atoms with Gasteiger partial charge in [-0.3, -0.25) is 0 Å². The third-order valence-corrected chi connectivity index (χ3v) is 3.55. The third-order valence-electron chi connectivity index (χ3n) is 1.85. The van der Waals surface area contributed by atoms with E-state index in [1.54, 1.807) is 6.92 Å². The van der Waals surface area contributed by atoms with Gasteiger partial charge in [-0.25, -0.2) is 0 Å². The van der Waals surface area contributed by atoms with Crippen LogP contribution in [-0.2, 0) is 10.2 Å². The highest BCUT2D eigenvalue weighted by Crippen LogP contribution is 2.20. The first-order valence-electron chi connectivity index (χ1n) is 4.31. The van der Waals surface area contributed by atoms with E-state index in [4.69, 9.17) is 6.42 Å². The van der Waals surface area contributed by atoms with E-state index < -0.39 is 10.2 Å². The lowest BCUT2D eigenvalue weighted by Crippen LogP contribution is -2.41. The first-order valence-corrected chi connectivity index (χ1v) is 5.75. The van der Waals surface area contributed by atoms with Crippen LogP contribution in [0.3, 0.4) is 0 Å². The maximum Gasteiger partial charge on any atom is 0.280 e. The number of rotatable bonds is 5. The quantitative estimate of drug-likeness (QED) is 0.635. The molecule has 0 spiro atoms. The van der Waals surface area contributed by atoms with Crippen LogP contribution in [0, 0.1) is 12.3 Å². The monoisotopic (exact) mass is 202 g/mol. The van der Waals surface area contributed by atoms with Crippen LogP contribution in [0.4, 0.5) is 0 Å². The van der Waals surface area contributed by atoms with E-state index in [0.717, 1.165) is 12.8 Å². The van der Waals surface area contributed by atoms with Crippen LogP contribution in [0.5, 0.6) is 0 Å². The Morgan fingerprint density at radius 1 is 1.62 bits per heavy atom. The van der Waals surface area contributed by atoms with E-state index >= 15 is 0 Å². The normalized spacial score (nSPS) is 17.3. The minimum atomic E-state index is -3.33. The Morgan fingerprint density at radius 2 is 2.23 bits per heavy atom. The van der Waals surface area contributed by atoms with Crippen molar-refractivity contribution in [2.24, 2.45) is 0 Å². The van der Waals surface area contributed by atoms with E-state index in [2.05, 4.69) is 10.6 Å². The van der Waals surface area contributed by atoms with Crippen molar-refractivity contribution in [1.29, 1.82) is 0 Å². The Bertz CT molecular complexity index is 301. The van der Waals surface area contributed by atoms with Crippen molar-refractivity contribution in [3.05, 3.63) is 0 Å². The Morgan fingerprint density at radius 3 is 2.62 bits per heavy atom. The van der Waals surface area contributed by atoms with Gasteiger partial charge in [0.1, 0.15) is 0 Å². The van der Waals surface area contributed by atoms with E-state index in [1.165, 1.54) is 4.31 Å². The summed E-state index contributed by atoms with van der Waals surface area (Å²) in [5.41, 5.74) is 0. The number of hydrogen-bond donors (Lipinski definition) is 1. The lowest BCUT2D eigenvalue weighted by molar-refractivity contribution is 0.452. The summed E-state index contributed by atoms with van der Waals surface area (Å²) in [6, 6.07) is 0.136. The zero-order valence-electron chi connectivity index (χ0n) is 7.66. The first kappa shape index (κ1) is 10.5. The van der Waals surface area contributed by atoms with Crippen LogP contribution in [0.25, 0.3) is 0 Å². The molecular weight excluding hydrogens is 188 g/mol. The average Bonchev–Trinajstić information content (AvgIpc) is 2.82. The number of nitrogens with one attached hydrogen (secondary N) is 1. The van der Waals surface area contributed by atoms with Crippen molar-refractivity contribution >= 4 is 10.2 Å². The van der Waals surface area contributed by atoms with Gasteiger partial charge in [0.15, 0.2) is 0 Å². The van der Waals surface area contributed by atoms with Crippen molar-refractivity contribution in [2.75, 3.05) is 13.1 Å². The first-order chi connectivity index (χ1) is 6.10. The highest BCUT2D eigenvalue weighted by molar-refractivity contribution is 7.87. The molecule has 1 rings (SSSR count). The minimum absolute atomic E-state index is 0.136. The second-order valence-corrected chi connectivity index (χ2v) is 4.73. The fourth-order valence-electron chi connectivity index (χ4n) is 0.955. The van der Waals surface area contributed by atoms with E-state index in [0.29, 0.717) is 6.54 Å². The Balaban J connectivity index is 2.58. The summed E-state index contributed by atoms with van der Waals surface area (Å²) in [6.07, 6.45) is 6.94. The van der Waals surface area contributed by atoms with Gasteiger partial charge in [-0.05, 0) is 12.8 Å². The van der Waals surface area contributed by atoms with Crippen LogP contribution in [0.2, 0.25) is 0 Å². The van der Waals surface area contributed by atoms with Crippen LogP contribution in [-0.4, -0.2) is 31.9 Å². The van der Waals surface area contributed by atoms with E-state index in [-0.39, 0.29) is 12.6 Å². The Hall–Kier alpha value is -0.570. The molecule has 1 aliphatic rings. The molecule has 0 aromatic carbocycles. The molecule has 0 radical (unpaired) electrons. The molecule has 0 aromatic heterocycles. The van der Waals surface area contributed by atoms with Gasteiger partial charge >= 0.3 is 0 Å². The van der Waals surface area contributed by atoms with Gasteiger partial charge in [-0.1, -0.05) is 12.8 Å². The average molecular weight is 202 g/mol. The molecule has 0 bridgehead atoms. The summed E-state index contributed by atoms with van der Waals surface area (Å²) < 4.78 is 26.9. The maximum absolute atomic E-state index is 11.5. The summed E-state index contributed by atoms with van der Waals surface area (Å²) >= 11 is 0. The number of hydrogen-bond acceptors (Lipinski definition) is 2. The summed E-state index contributed by atoms with van der Waals surface area (Å²) in [6.45, 7) is 2.31. The van der Waals surface area contributed by atoms with Gasteiger partial charge in [-0.15, -0.1) is 6.42 Å². The van der Waals surface area contributed by atoms with Crippen molar-refractivity contribution in [1.82, 2.24) is 9.03 Å². The molecule has 0 heterocycles. The molecule has 1 aliphatic carbocycles. The fraction of sp³-hybridized carbons (Fsp3) is 0.750. The van der Waals surface area contributed by atoms with Crippen LogP contribution in [0.1, 0.15) is 19.8 Å². The molecule has 13 heavy (non-hydrogen) atoms. The second kappa shape index (κ2) is 4.09. The molecule has 0 atom stereocenters. The predicted molar refractivity (Wildman–Crippen MR) is 51.2 cm³/mol. The van der Waals surface area contributed by atoms with Gasteiger partial charge in [0, 0.05) is 12.6 Å². The lowest BCUT2D eigenvalue weighted by atomic mass is 10.6. The Kier molecular flexibility index (Phi) is 3.31. The summed E-state index contributed by atoms with van der Waals surface area (Å²) in [5, 5.41) is 0. The molecule has 74 valence electrons. The van der Waals surface area contributed by atoms with Crippen molar-refractivity contribution in [3.8, 4) is 12.3 Å². The van der Waals surface area contributed by atoms with Gasteiger partial charge in [0.25, 0.3) is 10.2 Å². The highest BCUT2D eigenvalue weighted by atomic mass is 32.2. The summed E-state index contributed by atoms with van der Waals surface area (Å²) in [4.78, 5) is 0. The molecule has 0 aromatic rings. The van der Waals surface area contributed by atoms with Crippen LogP contribution in [0.15, 0.2) is 0 Å². The molecule has 0 saturated heterocycles. The minimum Gasteiger partial charge on any atom is -0.199 e. The van der Waals surface area contributed by atoms with Crippen molar-refractivity contribution in [2.45, 2.75) is 25.8 Å². The molecule has 4 nitrogen and oxygen atoms in total. The highest BCUT2D eigenvalue weighted by Gasteiger charge is 2.29. The summed E-state index contributed by atoms with van der Waals surface area (Å²) in [5.74, 6) is 2.33. The van der Waals surface area contributed by atoms with Crippen molar-refractivity contribution < 1.29 is 8.42 Å². The largest absolute Gasteiger partial charge is 0.280 e. The van der Waals surface area contributed by atoms with Gasteiger partial charge < -0.3 is 0 Å². The fourth-order valence-corrected chi connectivity index (χ4v) is 2.35. The van der Waals surface area contributed by atoms with Crippen LogP contribution < -0.4 is 4.72 Å². The van der Waals surface area contributed by atoms with E-state index in [9.17, 15) is 8.42 Å². The maximum atomic E-state index is 11.5. The third kappa shape index (κ3) is 2.99. The predicted octanol–water partition coefficient (Wildman–Crippen LogP) is -0.0617. The SMILES string of the molecule is C#CCN(CC)S(=O)(=O)NC1CC1. The molecule has 0 amide bonds. The lowest BCUT2D eigenvalue weighted by Gasteiger charge is -2.17. The molecule has 5 heteroatoms. The van der Waals surface area contributed by atoms with Crippen LogP contribution >= 0.6 is 0 Å². The van der Waals surface area contributed by atoms with Crippen molar-refractivity contribution in [3.63, 3.8) is 0 Å². The number of nitrogens with zero attached hydrogens (tertiary/aromatic N) is 1. The molecule has 0 unspecified atom stereocenters. The smallest absolute Gasteiger partial charge is 0.199 e. The molecular formula is C8H14N2O2S. The zero-order chi connectivity index (χ0) is 9.90. The van der Waals surface area contributed by atoms with E-state index in [1.807, 2.05) is 0 Å².